The maximum atomic E-state index is 13.1. The molecule has 0 atom stereocenters. The number of H-pyrrole nitrogens is 2. The fourth-order valence-electron chi connectivity index (χ4n) is 3.43. The fraction of sp³-hybridized carbons (Fsp3) is 0.412. The van der Waals surface area contributed by atoms with Crippen molar-refractivity contribution in [1.29, 1.82) is 0 Å². The molecule has 3 aromatic rings. The maximum absolute atomic E-state index is 13.1. The first-order valence-electron chi connectivity index (χ1n) is 8.57. The lowest BCUT2D eigenvalue weighted by Gasteiger charge is -2.30. The van der Waals surface area contributed by atoms with Gasteiger partial charge in [0.1, 0.15) is 5.69 Å². The molecular formula is C17H21N5O2S2. The van der Waals surface area contributed by atoms with Gasteiger partial charge in [-0.2, -0.15) is 14.5 Å². The summed E-state index contributed by atoms with van der Waals surface area (Å²) in [5.41, 5.74) is 2.83. The Bertz CT molecular complexity index is 996. The summed E-state index contributed by atoms with van der Waals surface area (Å²) in [7, 11) is -3.49. The van der Waals surface area contributed by atoms with Crippen molar-refractivity contribution in [2.75, 3.05) is 13.1 Å². The van der Waals surface area contributed by atoms with Crippen molar-refractivity contribution in [3.05, 3.63) is 40.7 Å². The lowest BCUT2D eigenvalue weighted by atomic mass is 9.95. The van der Waals surface area contributed by atoms with Gasteiger partial charge in [-0.3, -0.25) is 10.2 Å². The van der Waals surface area contributed by atoms with Crippen LogP contribution in [0.3, 0.4) is 0 Å². The largest absolute Gasteiger partial charge is 0.282 e. The lowest BCUT2D eigenvalue weighted by molar-refractivity contribution is 0.316. The molecule has 3 aromatic heterocycles. The zero-order chi connectivity index (χ0) is 18.3. The quantitative estimate of drug-likeness (QED) is 0.715. The van der Waals surface area contributed by atoms with Gasteiger partial charge in [0.05, 0.1) is 9.77 Å². The Kier molecular flexibility index (Phi) is 4.45. The van der Waals surface area contributed by atoms with Crippen molar-refractivity contribution >= 4 is 21.4 Å². The van der Waals surface area contributed by atoms with E-state index in [-0.39, 0.29) is 0 Å². The number of hydrogen-bond acceptors (Lipinski definition) is 5. The van der Waals surface area contributed by atoms with Crippen LogP contribution in [0.4, 0.5) is 0 Å². The number of aromatic nitrogens is 4. The molecule has 0 saturated carbocycles. The van der Waals surface area contributed by atoms with Crippen molar-refractivity contribution in [1.82, 2.24) is 24.7 Å². The van der Waals surface area contributed by atoms with E-state index in [0.29, 0.717) is 23.9 Å². The molecule has 1 saturated heterocycles. The van der Waals surface area contributed by atoms with Crippen LogP contribution in [0.2, 0.25) is 0 Å². The molecule has 0 amide bonds. The molecule has 7 nitrogen and oxygen atoms in total. The first kappa shape index (κ1) is 17.4. The molecule has 0 spiro atoms. The van der Waals surface area contributed by atoms with Gasteiger partial charge in [0.25, 0.3) is 0 Å². The molecule has 2 N–H and O–H groups in total. The van der Waals surface area contributed by atoms with Gasteiger partial charge < -0.3 is 0 Å². The normalized spacial score (nSPS) is 17.0. The number of nitrogens with zero attached hydrogens (tertiary/aromatic N) is 3. The molecule has 0 bridgehead atoms. The minimum atomic E-state index is -3.49. The van der Waals surface area contributed by atoms with Gasteiger partial charge in [-0.15, -0.1) is 11.3 Å². The Labute approximate surface area is 156 Å². The van der Waals surface area contributed by atoms with E-state index in [4.69, 9.17) is 0 Å². The van der Waals surface area contributed by atoms with Crippen LogP contribution in [0.25, 0.3) is 10.6 Å². The third-order valence-electron chi connectivity index (χ3n) is 4.86. The standard InChI is InChI=1S/C17H21N5O2S2/c1-11-9-15(21-19-11)16-10-17(12(2)25-16)26(23,24)22-7-4-13(5-8-22)14-3-6-18-20-14/h3,6,9-10,13H,4-5,7-8H2,1-2H3,(H,18,20)(H,19,21). The number of hydrogen-bond donors (Lipinski definition) is 2. The SMILES string of the molecule is Cc1cc(-c2cc(S(=O)(=O)N3CCC(c4ccn[nH]4)CC3)c(C)s2)n[nH]1. The van der Waals surface area contributed by atoms with Crippen molar-refractivity contribution < 1.29 is 8.42 Å². The number of aryl methyl sites for hydroxylation is 2. The summed E-state index contributed by atoms with van der Waals surface area (Å²) in [6.07, 6.45) is 3.34. The predicted octanol–water partition coefficient (Wildman–Crippen LogP) is 3.05. The first-order chi connectivity index (χ1) is 12.4. The van der Waals surface area contributed by atoms with Crippen LogP contribution in [-0.2, 0) is 10.0 Å². The van der Waals surface area contributed by atoms with Crippen LogP contribution < -0.4 is 0 Å². The van der Waals surface area contributed by atoms with Crippen LogP contribution in [0.5, 0.6) is 0 Å². The van der Waals surface area contributed by atoms with E-state index in [1.165, 1.54) is 11.3 Å². The van der Waals surface area contributed by atoms with Crippen molar-refractivity contribution in [2.24, 2.45) is 0 Å². The number of rotatable bonds is 4. The molecule has 0 aliphatic carbocycles. The van der Waals surface area contributed by atoms with E-state index in [2.05, 4.69) is 20.4 Å². The summed E-state index contributed by atoms with van der Waals surface area (Å²) in [5, 5.41) is 14.1. The van der Waals surface area contributed by atoms with Gasteiger partial charge in [-0.05, 0) is 44.9 Å². The average molecular weight is 392 g/mol. The van der Waals surface area contributed by atoms with Gasteiger partial charge >= 0.3 is 0 Å². The van der Waals surface area contributed by atoms with E-state index in [9.17, 15) is 8.42 Å². The van der Waals surface area contributed by atoms with E-state index in [1.54, 1.807) is 16.6 Å². The minimum absolute atomic E-state index is 0.343. The average Bonchev–Trinajstić information content (AvgIpc) is 3.35. The zero-order valence-electron chi connectivity index (χ0n) is 14.7. The molecule has 1 aliphatic rings. The number of piperidine rings is 1. The van der Waals surface area contributed by atoms with Crippen LogP contribution >= 0.6 is 11.3 Å². The second-order valence-corrected chi connectivity index (χ2v) is 9.82. The summed E-state index contributed by atoms with van der Waals surface area (Å²) in [6, 6.07) is 5.65. The van der Waals surface area contributed by atoms with Crippen molar-refractivity contribution in [3.8, 4) is 10.6 Å². The highest BCUT2D eigenvalue weighted by Gasteiger charge is 2.32. The maximum Gasteiger partial charge on any atom is 0.244 e. The third-order valence-corrected chi connectivity index (χ3v) is 8.09. The first-order valence-corrected chi connectivity index (χ1v) is 10.8. The highest BCUT2D eigenvalue weighted by atomic mass is 32.2. The van der Waals surface area contributed by atoms with Gasteiger partial charge in [0.2, 0.25) is 10.0 Å². The summed E-state index contributed by atoms with van der Waals surface area (Å²) in [4.78, 5) is 2.08. The molecule has 9 heteroatoms. The molecule has 1 fully saturated rings. The molecule has 0 radical (unpaired) electrons. The topological polar surface area (TPSA) is 94.7 Å². The van der Waals surface area contributed by atoms with E-state index < -0.39 is 10.0 Å². The van der Waals surface area contributed by atoms with E-state index in [1.807, 2.05) is 26.0 Å². The molecule has 4 rings (SSSR count). The minimum Gasteiger partial charge on any atom is -0.282 e. The fourth-order valence-corrected chi connectivity index (χ4v) is 6.42. The van der Waals surface area contributed by atoms with Gasteiger partial charge in [0.15, 0.2) is 0 Å². The van der Waals surface area contributed by atoms with Crippen LogP contribution in [0.1, 0.15) is 35.0 Å². The second-order valence-electron chi connectivity index (χ2n) is 6.66. The van der Waals surface area contributed by atoms with Crippen molar-refractivity contribution in [2.45, 2.75) is 37.5 Å². The predicted molar refractivity (Wildman–Crippen MR) is 101 cm³/mol. The zero-order valence-corrected chi connectivity index (χ0v) is 16.3. The number of sulfonamides is 1. The third kappa shape index (κ3) is 3.10. The number of nitrogens with one attached hydrogen (secondary N) is 2. The molecule has 26 heavy (non-hydrogen) atoms. The molecule has 138 valence electrons. The summed E-state index contributed by atoms with van der Waals surface area (Å²) < 4.78 is 27.9. The smallest absolute Gasteiger partial charge is 0.244 e. The molecule has 0 aromatic carbocycles. The highest BCUT2D eigenvalue weighted by molar-refractivity contribution is 7.89. The Balaban J connectivity index is 1.55. The van der Waals surface area contributed by atoms with Crippen molar-refractivity contribution in [3.63, 3.8) is 0 Å². The Morgan fingerprint density at radius 3 is 2.58 bits per heavy atom. The van der Waals surface area contributed by atoms with Gasteiger partial charge in [-0.25, -0.2) is 8.42 Å². The Morgan fingerprint density at radius 2 is 1.96 bits per heavy atom. The van der Waals surface area contributed by atoms with Crippen LogP contribution in [0.15, 0.2) is 29.3 Å². The highest BCUT2D eigenvalue weighted by Crippen LogP contribution is 2.36. The van der Waals surface area contributed by atoms with E-state index >= 15 is 0 Å². The van der Waals surface area contributed by atoms with Gasteiger partial charge in [-0.1, -0.05) is 0 Å². The molecule has 4 heterocycles. The number of thiophene rings is 1. The van der Waals surface area contributed by atoms with Gasteiger partial charge in [0, 0.05) is 41.5 Å². The Hall–Kier alpha value is -1.97. The van der Waals surface area contributed by atoms with Crippen LogP contribution in [0, 0.1) is 13.8 Å². The molecule has 0 unspecified atom stereocenters. The van der Waals surface area contributed by atoms with E-state index in [0.717, 1.165) is 39.7 Å². The lowest BCUT2D eigenvalue weighted by Crippen LogP contribution is -2.38. The second kappa shape index (κ2) is 6.64. The summed E-state index contributed by atoms with van der Waals surface area (Å²) in [5.74, 6) is 0.343. The summed E-state index contributed by atoms with van der Waals surface area (Å²) in [6.45, 7) is 4.84. The molecular weight excluding hydrogens is 370 g/mol. The number of aromatic amines is 2. The monoisotopic (exact) mass is 391 g/mol. The Morgan fingerprint density at radius 1 is 1.19 bits per heavy atom. The summed E-state index contributed by atoms with van der Waals surface area (Å²) >= 11 is 1.47. The molecule has 1 aliphatic heterocycles. The van der Waals surface area contributed by atoms with Crippen LogP contribution in [-0.4, -0.2) is 46.2 Å².